The van der Waals surface area contributed by atoms with E-state index in [1.165, 1.54) is 17.7 Å². The third-order valence-corrected chi connectivity index (χ3v) is 4.07. The molecule has 0 aromatic carbocycles. The summed E-state index contributed by atoms with van der Waals surface area (Å²) in [6, 6.07) is 3.38. The van der Waals surface area contributed by atoms with Crippen molar-refractivity contribution in [2.24, 2.45) is 0 Å². The number of hydrogen-bond donors (Lipinski definition) is 3. The van der Waals surface area contributed by atoms with Gasteiger partial charge < -0.3 is 15.4 Å². The van der Waals surface area contributed by atoms with Gasteiger partial charge in [0, 0.05) is 13.3 Å². The third kappa shape index (κ3) is 4.03. The molecule has 3 aromatic rings. The Kier molecular flexibility index (Phi) is 7.73. The quantitative estimate of drug-likeness (QED) is 0.628. The second-order valence-electron chi connectivity index (χ2n) is 4.15. The fourth-order valence-electron chi connectivity index (χ4n) is 1.94. The summed E-state index contributed by atoms with van der Waals surface area (Å²) >= 11 is 1.31. The summed E-state index contributed by atoms with van der Waals surface area (Å²) in [7, 11) is 1.00. The van der Waals surface area contributed by atoms with Crippen molar-refractivity contribution in [3.63, 3.8) is 0 Å². The number of aromatic amines is 1. The van der Waals surface area contributed by atoms with E-state index in [2.05, 4.69) is 20.3 Å². The van der Waals surface area contributed by atoms with Crippen LogP contribution in [0.4, 0.5) is 11.5 Å². The van der Waals surface area contributed by atoms with Gasteiger partial charge in [0.15, 0.2) is 6.29 Å². The maximum Gasteiger partial charge on any atom is 0.271 e. The van der Waals surface area contributed by atoms with Crippen molar-refractivity contribution < 1.29 is 9.90 Å². The Hall–Kier alpha value is -2.58. The summed E-state index contributed by atoms with van der Waals surface area (Å²) in [6.45, 7) is 5.84. The minimum absolute atomic E-state index is 0.234. The number of nitrogens with zero attached hydrogens (tertiary/aromatic N) is 2. The predicted octanol–water partition coefficient (Wildman–Crippen LogP) is 2.88. The van der Waals surface area contributed by atoms with Crippen LogP contribution in [0.25, 0.3) is 10.2 Å². The van der Waals surface area contributed by atoms with Gasteiger partial charge in [0.1, 0.15) is 22.7 Å². The van der Waals surface area contributed by atoms with E-state index in [1.807, 2.05) is 20.8 Å². The molecule has 0 aliphatic heterocycles. The molecule has 3 heterocycles. The van der Waals surface area contributed by atoms with Crippen molar-refractivity contribution in [3.05, 3.63) is 45.5 Å². The molecule has 0 amide bonds. The number of thiophene rings is 1. The van der Waals surface area contributed by atoms with E-state index in [1.54, 1.807) is 18.3 Å². The average Bonchev–Trinajstić information content (AvgIpc) is 2.97. The van der Waals surface area contributed by atoms with Gasteiger partial charge in [-0.05, 0) is 24.6 Å². The number of aryl methyl sites for hydroxylation is 1. The number of carbonyl (C=O) groups is 1. The minimum Gasteiger partial charge on any atom is -0.400 e. The Bertz CT molecular complexity index is 858. The van der Waals surface area contributed by atoms with Gasteiger partial charge in [-0.3, -0.25) is 9.59 Å². The molecule has 0 aliphatic carbocycles. The molecule has 128 valence electrons. The lowest BCUT2D eigenvalue weighted by Crippen LogP contribution is -2.10. The molecule has 0 radical (unpaired) electrons. The van der Waals surface area contributed by atoms with Crippen LogP contribution in [0.15, 0.2) is 29.5 Å². The number of anilines is 2. The molecular weight excluding hydrogens is 328 g/mol. The number of rotatable bonds is 3. The van der Waals surface area contributed by atoms with Crippen molar-refractivity contribution in [3.8, 4) is 0 Å². The van der Waals surface area contributed by atoms with E-state index in [9.17, 15) is 9.59 Å². The summed E-state index contributed by atoms with van der Waals surface area (Å²) in [6.07, 6.45) is 3.77. The van der Waals surface area contributed by atoms with Gasteiger partial charge in [0.2, 0.25) is 0 Å². The van der Waals surface area contributed by atoms with Crippen molar-refractivity contribution in [2.75, 3.05) is 12.4 Å². The zero-order valence-corrected chi connectivity index (χ0v) is 14.8. The number of aldehydes is 1. The van der Waals surface area contributed by atoms with E-state index in [0.29, 0.717) is 16.4 Å². The Balaban J connectivity index is 0.000000671. The van der Waals surface area contributed by atoms with E-state index in [0.717, 1.165) is 29.2 Å². The summed E-state index contributed by atoms with van der Waals surface area (Å²) < 4.78 is 0. The molecule has 24 heavy (non-hydrogen) atoms. The molecule has 0 saturated heterocycles. The van der Waals surface area contributed by atoms with Gasteiger partial charge in [0.25, 0.3) is 5.56 Å². The zero-order chi connectivity index (χ0) is 18.1. The summed E-state index contributed by atoms with van der Waals surface area (Å²) in [5.41, 5.74) is 0.976. The summed E-state index contributed by atoms with van der Waals surface area (Å²) in [4.78, 5) is 34.9. The van der Waals surface area contributed by atoms with Gasteiger partial charge in [-0.1, -0.05) is 13.8 Å². The molecule has 0 spiro atoms. The summed E-state index contributed by atoms with van der Waals surface area (Å²) in [5, 5.41) is 10.8. The molecule has 0 aliphatic rings. The monoisotopic (exact) mass is 348 g/mol. The number of H-pyrrole nitrogens is 1. The van der Waals surface area contributed by atoms with Crippen LogP contribution in [0, 0.1) is 6.92 Å². The molecule has 0 fully saturated rings. The fraction of sp³-hybridized carbons (Fsp3) is 0.250. The molecule has 0 atom stereocenters. The molecule has 3 rings (SSSR count). The van der Waals surface area contributed by atoms with E-state index in [4.69, 9.17) is 5.11 Å². The van der Waals surface area contributed by atoms with Crippen LogP contribution in [0.5, 0.6) is 0 Å². The zero-order valence-electron chi connectivity index (χ0n) is 14.0. The molecule has 3 aromatic heterocycles. The molecular formula is C16H20N4O3S. The summed E-state index contributed by atoms with van der Waals surface area (Å²) in [5.74, 6) is 0.522. The molecule has 0 saturated carbocycles. The highest BCUT2D eigenvalue weighted by Crippen LogP contribution is 2.32. The van der Waals surface area contributed by atoms with Crippen LogP contribution in [0.3, 0.4) is 0 Å². The first kappa shape index (κ1) is 19.5. The number of carbonyl (C=O) groups excluding carboxylic acids is 1. The average molecular weight is 348 g/mol. The standard InChI is InChI=1S/C13H10N4O2S.C2H6.CH4O/c1-7-9(5-18)20-13-10(7)11(15-6-16-13)17-8-3-2-4-14-12(8)19;2*1-2/h2-6H,1H3,(H,14,19)(H,15,16,17);1-2H3;2H,1H3. The lowest BCUT2D eigenvalue weighted by molar-refractivity contribution is 0.112. The fourth-order valence-corrected chi connectivity index (χ4v) is 2.91. The Morgan fingerprint density at radius 1 is 1.29 bits per heavy atom. The lowest BCUT2D eigenvalue weighted by atomic mass is 10.2. The topological polar surface area (TPSA) is 108 Å². The number of aromatic nitrogens is 3. The highest BCUT2D eigenvalue weighted by atomic mass is 32.1. The number of hydrogen-bond acceptors (Lipinski definition) is 7. The predicted molar refractivity (Wildman–Crippen MR) is 97.4 cm³/mol. The van der Waals surface area contributed by atoms with Crippen LogP contribution in [0.2, 0.25) is 0 Å². The maximum absolute atomic E-state index is 11.7. The van der Waals surface area contributed by atoms with Gasteiger partial charge >= 0.3 is 0 Å². The first-order valence-corrected chi connectivity index (χ1v) is 8.11. The maximum atomic E-state index is 11.7. The number of fused-ring (bicyclic) bond motifs is 1. The van der Waals surface area contributed by atoms with Crippen LogP contribution in [0.1, 0.15) is 29.1 Å². The normalized spacial score (nSPS) is 9.38. The second kappa shape index (κ2) is 9.53. The highest BCUT2D eigenvalue weighted by Gasteiger charge is 2.14. The first-order valence-electron chi connectivity index (χ1n) is 7.29. The SMILES string of the molecule is CC.CO.Cc1c(C=O)sc2ncnc(Nc3ccc[nH]c3=O)c12. The van der Waals surface area contributed by atoms with Gasteiger partial charge in [-0.2, -0.15) is 0 Å². The molecule has 3 N–H and O–H groups in total. The van der Waals surface area contributed by atoms with Crippen molar-refractivity contribution >= 4 is 39.3 Å². The first-order chi connectivity index (χ1) is 11.7. The van der Waals surface area contributed by atoms with E-state index < -0.39 is 0 Å². The molecule has 8 heteroatoms. The Morgan fingerprint density at radius 2 is 2.00 bits per heavy atom. The van der Waals surface area contributed by atoms with Crippen LogP contribution in [-0.2, 0) is 0 Å². The van der Waals surface area contributed by atoms with Crippen LogP contribution in [-0.4, -0.2) is 33.5 Å². The Labute approximate surface area is 143 Å². The number of aliphatic hydroxyl groups excluding tert-OH is 1. The third-order valence-electron chi connectivity index (χ3n) is 2.94. The van der Waals surface area contributed by atoms with Crippen LogP contribution >= 0.6 is 11.3 Å². The van der Waals surface area contributed by atoms with E-state index >= 15 is 0 Å². The number of nitrogens with one attached hydrogen (secondary N) is 2. The molecule has 7 nitrogen and oxygen atoms in total. The van der Waals surface area contributed by atoms with E-state index in [-0.39, 0.29) is 5.56 Å². The number of aliphatic hydroxyl groups is 1. The molecule has 0 bridgehead atoms. The van der Waals surface area contributed by atoms with Crippen LogP contribution < -0.4 is 10.9 Å². The smallest absolute Gasteiger partial charge is 0.271 e. The van der Waals surface area contributed by atoms with Gasteiger partial charge in [-0.25, -0.2) is 9.97 Å². The second-order valence-corrected chi connectivity index (χ2v) is 5.18. The highest BCUT2D eigenvalue weighted by molar-refractivity contribution is 7.20. The largest absolute Gasteiger partial charge is 0.400 e. The van der Waals surface area contributed by atoms with Gasteiger partial charge in [0.05, 0.1) is 10.3 Å². The van der Waals surface area contributed by atoms with Crippen molar-refractivity contribution in [1.82, 2.24) is 15.0 Å². The molecule has 0 unspecified atom stereocenters. The lowest BCUT2D eigenvalue weighted by Gasteiger charge is -2.05. The number of pyridine rings is 1. The van der Waals surface area contributed by atoms with Crippen molar-refractivity contribution in [2.45, 2.75) is 20.8 Å². The minimum atomic E-state index is -0.234. The Morgan fingerprint density at radius 3 is 2.62 bits per heavy atom. The van der Waals surface area contributed by atoms with Crippen molar-refractivity contribution in [1.29, 1.82) is 0 Å². The van der Waals surface area contributed by atoms with Gasteiger partial charge in [-0.15, -0.1) is 11.3 Å².